The Labute approximate surface area is 114 Å². The second-order valence-electron chi connectivity index (χ2n) is 5.17. The Balaban J connectivity index is 1.81. The van der Waals surface area contributed by atoms with E-state index in [9.17, 15) is 14.4 Å². The van der Waals surface area contributed by atoms with Crippen molar-refractivity contribution in [3.63, 3.8) is 0 Å². The summed E-state index contributed by atoms with van der Waals surface area (Å²) < 4.78 is 10.4. The molecule has 0 aliphatic carbocycles. The number of fused-ring (bicyclic) bond motifs is 5. The van der Waals surface area contributed by atoms with Gasteiger partial charge in [-0.2, -0.15) is 0 Å². The lowest BCUT2D eigenvalue weighted by Gasteiger charge is -2.25. The normalized spacial score (nSPS) is 37.1. The first-order chi connectivity index (χ1) is 9.63. The van der Waals surface area contributed by atoms with Crippen molar-refractivity contribution in [3.8, 4) is 0 Å². The van der Waals surface area contributed by atoms with Crippen LogP contribution < -0.4 is 0 Å². The first-order valence-corrected chi connectivity index (χ1v) is 6.36. The van der Waals surface area contributed by atoms with Crippen molar-refractivity contribution >= 4 is 17.7 Å². The number of Topliss-reactive ketones (excluding diaryl/α,β-unsaturated/α-hetero) is 1. The zero-order chi connectivity index (χ0) is 13.9. The molecule has 0 N–H and O–H groups in total. The summed E-state index contributed by atoms with van der Waals surface area (Å²) in [5.41, 5.74) is -0.939. The van der Waals surface area contributed by atoms with Gasteiger partial charge in [-0.15, -0.1) is 0 Å². The summed E-state index contributed by atoms with van der Waals surface area (Å²) in [5, 5.41) is 0. The highest BCUT2D eigenvalue weighted by Crippen LogP contribution is 2.52. The molecule has 3 aliphatic heterocycles. The maximum Gasteiger partial charge on any atom is 0.321 e. The van der Waals surface area contributed by atoms with E-state index in [0.29, 0.717) is 5.56 Å². The van der Waals surface area contributed by atoms with Crippen molar-refractivity contribution in [2.75, 3.05) is 0 Å². The molecule has 3 heterocycles. The number of hydrogen-bond acceptors (Lipinski definition) is 5. The highest BCUT2D eigenvalue weighted by Gasteiger charge is 2.69. The summed E-state index contributed by atoms with van der Waals surface area (Å²) >= 11 is 0. The van der Waals surface area contributed by atoms with E-state index in [0.717, 1.165) is 0 Å². The lowest BCUT2D eigenvalue weighted by Crippen LogP contribution is -2.45. The number of carbonyl (C=O) groups excluding carboxylic acids is 3. The fourth-order valence-electron chi connectivity index (χ4n) is 3.28. The third kappa shape index (κ3) is 1.23. The predicted molar refractivity (Wildman–Crippen MR) is 65.6 cm³/mol. The number of carbonyl (C=O) groups is 3. The van der Waals surface area contributed by atoms with E-state index >= 15 is 0 Å². The van der Waals surface area contributed by atoms with Crippen LogP contribution in [0.15, 0.2) is 42.5 Å². The number of benzene rings is 1. The largest absolute Gasteiger partial charge is 0.393 e. The highest BCUT2D eigenvalue weighted by molar-refractivity contribution is 6.11. The second-order valence-corrected chi connectivity index (χ2v) is 5.17. The third-order valence-electron chi connectivity index (χ3n) is 4.16. The Morgan fingerprint density at radius 2 is 1.85 bits per heavy atom. The van der Waals surface area contributed by atoms with E-state index in [2.05, 4.69) is 4.74 Å². The monoisotopic (exact) mass is 270 g/mol. The molecule has 2 saturated heterocycles. The zero-order valence-electron chi connectivity index (χ0n) is 10.3. The predicted octanol–water partition coefficient (Wildman–Crippen LogP) is 0.892. The van der Waals surface area contributed by atoms with Crippen LogP contribution in [0.5, 0.6) is 0 Å². The molecule has 3 aliphatic rings. The number of esters is 2. The summed E-state index contributed by atoms with van der Waals surface area (Å²) in [6.45, 7) is 0. The van der Waals surface area contributed by atoms with Gasteiger partial charge in [-0.3, -0.25) is 14.4 Å². The fraction of sp³-hybridized carbons (Fsp3) is 0.267. The topological polar surface area (TPSA) is 69.7 Å². The van der Waals surface area contributed by atoms with Gasteiger partial charge in [0, 0.05) is 5.56 Å². The van der Waals surface area contributed by atoms with Gasteiger partial charge in [0.1, 0.15) is 11.8 Å². The molecule has 4 rings (SSSR count). The van der Waals surface area contributed by atoms with Gasteiger partial charge in [0.05, 0.1) is 6.10 Å². The second kappa shape index (κ2) is 3.64. The van der Waals surface area contributed by atoms with Gasteiger partial charge in [-0.25, -0.2) is 0 Å². The van der Waals surface area contributed by atoms with Gasteiger partial charge in [0.2, 0.25) is 0 Å². The van der Waals surface area contributed by atoms with Crippen LogP contribution in [0.25, 0.3) is 0 Å². The Hall–Kier alpha value is -2.27. The molecule has 0 spiro atoms. The van der Waals surface area contributed by atoms with Crippen LogP contribution in [0.4, 0.5) is 0 Å². The summed E-state index contributed by atoms with van der Waals surface area (Å²) in [4.78, 5) is 36.3. The fourth-order valence-corrected chi connectivity index (χ4v) is 3.28. The first kappa shape index (κ1) is 11.5. The van der Waals surface area contributed by atoms with E-state index in [1.807, 2.05) is 0 Å². The van der Waals surface area contributed by atoms with Crippen LogP contribution in [0.3, 0.4) is 0 Å². The van der Waals surface area contributed by atoms with E-state index in [4.69, 9.17) is 4.74 Å². The average molecular weight is 270 g/mol. The number of ketones is 1. The average Bonchev–Trinajstić information content (AvgIpc) is 3.12. The quantitative estimate of drug-likeness (QED) is 0.345. The molecule has 4 atom stereocenters. The molecule has 5 heteroatoms. The minimum Gasteiger partial charge on any atom is -0.393 e. The van der Waals surface area contributed by atoms with Crippen LogP contribution in [0.1, 0.15) is 10.4 Å². The lowest BCUT2D eigenvalue weighted by atomic mass is 9.73. The molecule has 0 saturated carbocycles. The van der Waals surface area contributed by atoms with Gasteiger partial charge in [-0.05, 0) is 6.08 Å². The Morgan fingerprint density at radius 3 is 2.60 bits per heavy atom. The number of ether oxygens (including phenoxy) is 2. The molecular weight excluding hydrogens is 260 g/mol. The third-order valence-corrected chi connectivity index (χ3v) is 4.16. The molecule has 2 bridgehead atoms. The zero-order valence-corrected chi connectivity index (χ0v) is 10.3. The van der Waals surface area contributed by atoms with Gasteiger partial charge in [0.15, 0.2) is 11.4 Å². The molecule has 0 radical (unpaired) electrons. The van der Waals surface area contributed by atoms with Crippen molar-refractivity contribution < 1.29 is 23.9 Å². The van der Waals surface area contributed by atoms with E-state index in [-0.39, 0.29) is 5.78 Å². The Bertz CT molecular complexity index is 662. The van der Waals surface area contributed by atoms with Gasteiger partial charge in [-0.1, -0.05) is 36.4 Å². The standard InChI is InChI=1S/C15H10O5/c16-12(8-4-2-1-3-5-8)15-7-6-9(20-15)10-11(15)14(18)19-13(10)17/h1-7,9-11H. The van der Waals surface area contributed by atoms with Crippen LogP contribution in [0.2, 0.25) is 0 Å². The van der Waals surface area contributed by atoms with Crippen molar-refractivity contribution in [1.29, 1.82) is 0 Å². The summed E-state index contributed by atoms with van der Waals surface area (Å²) in [5.74, 6) is -3.14. The van der Waals surface area contributed by atoms with Crippen molar-refractivity contribution in [3.05, 3.63) is 48.0 Å². The molecule has 20 heavy (non-hydrogen) atoms. The number of cyclic esters (lactones) is 2. The van der Waals surface area contributed by atoms with Crippen molar-refractivity contribution in [1.82, 2.24) is 0 Å². The molecule has 5 nitrogen and oxygen atoms in total. The minimum absolute atomic E-state index is 0.309. The molecular formula is C15H10O5. The SMILES string of the molecule is O=C1OC(=O)C2C1C1C=CC2(C(=O)c2ccccc2)O1. The smallest absolute Gasteiger partial charge is 0.321 e. The molecule has 4 unspecified atom stereocenters. The summed E-state index contributed by atoms with van der Waals surface area (Å²) in [6, 6.07) is 8.61. The molecule has 1 aromatic rings. The van der Waals surface area contributed by atoms with Crippen molar-refractivity contribution in [2.24, 2.45) is 11.8 Å². The lowest BCUT2D eigenvalue weighted by molar-refractivity contribution is -0.157. The number of hydrogen-bond donors (Lipinski definition) is 0. The van der Waals surface area contributed by atoms with Gasteiger partial charge < -0.3 is 9.47 Å². The van der Waals surface area contributed by atoms with Crippen LogP contribution in [-0.4, -0.2) is 29.4 Å². The summed E-state index contributed by atoms with van der Waals surface area (Å²) in [6.07, 6.45) is 2.71. The first-order valence-electron chi connectivity index (χ1n) is 6.36. The van der Waals surface area contributed by atoms with Crippen LogP contribution in [-0.2, 0) is 19.1 Å². The Morgan fingerprint density at radius 1 is 1.10 bits per heavy atom. The van der Waals surface area contributed by atoms with E-state index in [1.54, 1.807) is 42.5 Å². The molecule has 100 valence electrons. The van der Waals surface area contributed by atoms with Crippen LogP contribution >= 0.6 is 0 Å². The van der Waals surface area contributed by atoms with E-state index < -0.39 is 35.5 Å². The minimum atomic E-state index is -1.39. The molecule has 0 amide bonds. The van der Waals surface area contributed by atoms with Gasteiger partial charge >= 0.3 is 11.9 Å². The van der Waals surface area contributed by atoms with Gasteiger partial charge in [0.25, 0.3) is 0 Å². The highest BCUT2D eigenvalue weighted by atomic mass is 16.6. The molecule has 2 fully saturated rings. The molecule has 0 aromatic heterocycles. The molecule has 1 aromatic carbocycles. The number of rotatable bonds is 2. The summed E-state index contributed by atoms with van der Waals surface area (Å²) in [7, 11) is 0. The van der Waals surface area contributed by atoms with Crippen molar-refractivity contribution in [2.45, 2.75) is 11.7 Å². The van der Waals surface area contributed by atoms with E-state index in [1.165, 1.54) is 0 Å². The maximum atomic E-state index is 12.7. The Kier molecular flexibility index (Phi) is 2.10. The maximum absolute atomic E-state index is 12.7. The van der Waals surface area contributed by atoms with Crippen LogP contribution in [0, 0.1) is 11.8 Å².